The summed E-state index contributed by atoms with van der Waals surface area (Å²) in [7, 11) is -4.04. The second kappa shape index (κ2) is 7.36. The molecular formula is C13H17ClN2O5S. The molecule has 0 unspecified atom stereocenters. The smallest absolute Gasteiger partial charge is 0.281 e. The number of nitrogens with one attached hydrogen (secondary N) is 1. The summed E-state index contributed by atoms with van der Waals surface area (Å²) in [6, 6.07) is 2.60. The zero-order valence-electron chi connectivity index (χ0n) is 12.0. The third-order valence-electron chi connectivity index (χ3n) is 3.14. The SMILES string of the molecule is C[C@H](OC[C@H]1CCCO1)C(=O)NS(=O)(=O)c1ccc(Cl)cn1. The van der Waals surface area contributed by atoms with E-state index >= 15 is 0 Å². The number of aromatic nitrogens is 1. The first-order chi connectivity index (χ1) is 10.4. The Morgan fingerprint density at radius 1 is 1.59 bits per heavy atom. The number of hydrogen-bond donors (Lipinski definition) is 1. The first-order valence-corrected chi connectivity index (χ1v) is 8.66. The van der Waals surface area contributed by atoms with Gasteiger partial charge in [0.15, 0.2) is 5.03 Å². The van der Waals surface area contributed by atoms with Crippen LogP contribution in [0, 0.1) is 0 Å². The largest absolute Gasteiger partial charge is 0.376 e. The lowest BCUT2D eigenvalue weighted by atomic mass is 10.2. The maximum atomic E-state index is 12.0. The number of amides is 1. The van der Waals surface area contributed by atoms with Crippen molar-refractivity contribution in [1.82, 2.24) is 9.71 Å². The Morgan fingerprint density at radius 3 is 2.95 bits per heavy atom. The normalized spacial score (nSPS) is 19.8. The van der Waals surface area contributed by atoms with E-state index in [-0.39, 0.29) is 17.7 Å². The molecule has 2 heterocycles. The van der Waals surface area contributed by atoms with Gasteiger partial charge >= 0.3 is 0 Å². The Morgan fingerprint density at radius 2 is 2.36 bits per heavy atom. The van der Waals surface area contributed by atoms with Crippen molar-refractivity contribution in [1.29, 1.82) is 0 Å². The average Bonchev–Trinajstić information content (AvgIpc) is 2.98. The lowest BCUT2D eigenvalue weighted by molar-refractivity contribution is -0.131. The molecule has 1 N–H and O–H groups in total. The van der Waals surface area contributed by atoms with Crippen molar-refractivity contribution < 1.29 is 22.7 Å². The fourth-order valence-corrected chi connectivity index (χ4v) is 2.98. The molecule has 0 aliphatic carbocycles. The molecule has 0 saturated carbocycles. The molecule has 1 saturated heterocycles. The monoisotopic (exact) mass is 348 g/mol. The van der Waals surface area contributed by atoms with Gasteiger partial charge in [-0.05, 0) is 31.9 Å². The summed E-state index contributed by atoms with van der Waals surface area (Å²) in [5.41, 5.74) is 0. The van der Waals surface area contributed by atoms with Crippen LogP contribution >= 0.6 is 11.6 Å². The van der Waals surface area contributed by atoms with Crippen LogP contribution in [0.25, 0.3) is 0 Å². The van der Waals surface area contributed by atoms with Crippen LogP contribution < -0.4 is 4.72 Å². The molecule has 2 atom stereocenters. The second-order valence-corrected chi connectivity index (χ2v) is 6.96. The molecule has 0 bridgehead atoms. The standard InChI is InChI=1S/C13H17ClN2O5S/c1-9(21-8-11-3-2-6-20-11)13(17)16-22(18,19)12-5-4-10(14)7-15-12/h4-5,7,9,11H,2-3,6,8H2,1H3,(H,16,17)/t9-,11+/m0/s1. The summed E-state index contributed by atoms with van der Waals surface area (Å²) < 4.78 is 36.6. The van der Waals surface area contributed by atoms with Crippen molar-refractivity contribution in [3.8, 4) is 0 Å². The van der Waals surface area contributed by atoms with Gasteiger partial charge < -0.3 is 9.47 Å². The Balaban J connectivity index is 1.90. The number of carbonyl (C=O) groups is 1. The molecular weight excluding hydrogens is 332 g/mol. The van der Waals surface area contributed by atoms with E-state index in [9.17, 15) is 13.2 Å². The Bertz CT molecular complexity index is 614. The summed E-state index contributed by atoms with van der Waals surface area (Å²) in [6.07, 6.45) is 2.08. The fraction of sp³-hybridized carbons (Fsp3) is 0.538. The van der Waals surface area contributed by atoms with Crippen molar-refractivity contribution in [2.24, 2.45) is 0 Å². The molecule has 22 heavy (non-hydrogen) atoms. The molecule has 122 valence electrons. The number of pyridine rings is 1. The summed E-state index contributed by atoms with van der Waals surface area (Å²) in [6.45, 7) is 2.42. The van der Waals surface area contributed by atoms with E-state index in [1.54, 1.807) is 0 Å². The minimum absolute atomic E-state index is 0.0372. The molecule has 1 aromatic heterocycles. The van der Waals surface area contributed by atoms with Crippen molar-refractivity contribution in [2.75, 3.05) is 13.2 Å². The highest BCUT2D eigenvalue weighted by Crippen LogP contribution is 2.13. The molecule has 0 spiro atoms. The molecule has 0 aromatic carbocycles. The molecule has 1 aliphatic rings. The van der Waals surface area contributed by atoms with Crippen molar-refractivity contribution in [2.45, 2.75) is 37.0 Å². The zero-order valence-corrected chi connectivity index (χ0v) is 13.6. The van der Waals surface area contributed by atoms with Gasteiger partial charge in [-0.3, -0.25) is 4.79 Å². The number of rotatable bonds is 6. The third-order valence-corrected chi connectivity index (χ3v) is 4.62. The number of sulfonamides is 1. The molecule has 0 radical (unpaired) electrons. The molecule has 1 fully saturated rings. The quantitative estimate of drug-likeness (QED) is 0.828. The number of nitrogens with zero attached hydrogens (tertiary/aromatic N) is 1. The van der Waals surface area contributed by atoms with E-state index in [0.717, 1.165) is 12.8 Å². The first-order valence-electron chi connectivity index (χ1n) is 6.80. The van der Waals surface area contributed by atoms with Crippen molar-refractivity contribution >= 4 is 27.5 Å². The van der Waals surface area contributed by atoms with Gasteiger partial charge in [-0.25, -0.2) is 9.71 Å². The highest BCUT2D eigenvalue weighted by atomic mass is 35.5. The van der Waals surface area contributed by atoms with E-state index < -0.39 is 22.0 Å². The van der Waals surface area contributed by atoms with Gasteiger partial charge in [0, 0.05) is 12.8 Å². The van der Waals surface area contributed by atoms with Gasteiger partial charge in [0.25, 0.3) is 15.9 Å². The topological polar surface area (TPSA) is 94.6 Å². The third kappa shape index (κ3) is 4.64. The van der Waals surface area contributed by atoms with Gasteiger partial charge in [-0.1, -0.05) is 11.6 Å². The van der Waals surface area contributed by atoms with E-state index in [4.69, 9.17) is 21.1 Å². The van der Waals surface area contributed by atoms with E-state index in [1.165, 1.54) is 25.3 Å². The molecule has 2 rings (SSSR count). The number of halogens is 1. The Kier molecular flexibility index (Phi) is 5.74. The molecule has 1 aromatic rings. The Hall–Kier alpha value is -1.22. The maximum absolute atomic E-state index is 12.0. The van der Waals surface area contributed by atoms with Crippen LogP contribution in [-0.4, -0.2) is 44.7 Å². The van der Waals surface area contributed by atoms with Crippen LogP contribution in [0.15, 0.2) is 23.4 Å². The van der Waals surface area contributed by atoms with Gasteiger partial charge in [0.05, 0.1) is 17.7 Å². The second-order valence-electron chi connectivity index (χ2n) is 4.89. The molecule has 1 aliphatic heterocycles. The van der Waals surface area contributed by atoms with Crippen LogP contribution in [0.2, 0.25) is 5.02 Å². The maximum Gasteiger partial charge on any atom is 0.281 e. The van der Waals surface area contributed by atoms with Gasteiger partial charge in [-0.2, -0.15) is 8.42 Å². The highest BCUT2D eigenvalue weighted by molar-refractivity contribution is 7.90. The predicted octanol–water partition coefficient (Wildman–Crippen LogP) is 1.12. The van der Waals surface area contributed by atoms with E-state index in [2.05, 4.69) is 4.98 Å². The van der Waals surface area contributed by atoms with Crippen molar-refractivity contribution in [3.63, 3.8) is 0 Å². The zero-order chi connectivity index (χ0) is 16.2. The number of carbonyl (C=O) groups excluding carboxylic acids is 1. The van der Waals surface area contributed by atoms with Gasteiger partial charge in [0.1, 0.15) is 6.10 Å². The molecule has 1 amide bonds. The molecule has 9 heteroatoms. The average molecular weight is 349 g/mol. The van der Waals surface area contributed by atoms with E-state index in [0.29, 0.717) is 11.6 Å². The lowest BCUT2D eigenvalue weighted by Crippen LogP contribution is -2.39. The fourth-order valence-electron chi connectivity index (χ4n) is 1.89. The summed E-state index contributed by atoms with van der Waals surface area (Å²) in [5.74, 6) is -0.755. The van der Waals surface area contributed by atoms with Crippen LogP contribution in [0.3, 0.4) is 0 Å². The minimum Gasteiger partial charge on any atom is -0.376 e. The van der Waals surface area contributed by atoms with Crippen LogP contribution in [0.4, 0.5) is 0 Å². The number of hydrogen-bond acceptors (Lipinski definition) is 6. The highest BCUT2D eigenvalue weighted by Gasteiger charge is 2.24. The first kappa shape index (κ1) is 17.1. The van der Waals surface area contributed by atoms with Gasteiger partial charge in [0.2, 0.25) is 0 Å². The lowest BCUT2D eigenvalue weighted by Gasteiger charge is -2.16. The van der Waals surface area contributed by atoms with Crippen molar-refractivity contribution in [3.05, 3.63) is 23.4 Å². The predicted molar refractivity (Wildman–Crippen MR) is 79.0 cm³/mol. The molecule has 7 nitrogen and oxygen atoms in total. The summed E-state index contributed by atoms with van der Waals surface area (Å²) in [5, 5.41) is 0.0233. The van der Waals surface area contributed by atoms with Crippen LogP contribution in [0.1, 0.15) is 19.8 Å². The Labute approximate surface area is 134 Å². The van der Waals surface area contributed by atoms with E-state index in [1.807, 2.05) is 4.72 Å². The number of ether oxygens (including phenoxy) is 2. The van der Waals surface area contributed by atoms with Crippen LogP contribution in [0.5, 0.6) is 0 Å². The summed E-state index contributed by atoms with van der Waals surface area (Å²) in [4.78, 5) is 15.6. The minimum atomic E-state index is -4.04. The van der Waals surface area contributed by atoms with Gasteiger partial charge in [-0.15, -0.1) is 0 Å². The summed E-state index contributed by atoms with van der Waals surface area (Å²) >= 11 is 5.64. The van der Waals surface area contributed by atoms with Crippen LogP contribution in [-0.2, 0) is 24.3 Å².